The number of nitrogens with one attached hydrogen (secondary N) is 2. The third kappa shape index (κ3) is 5.36. The molecule has 138 valence electrons. The van der Waals surface area contributed by atoms with Crippen molar-refractivity contribution in [2.75, 3.05) is 10.6 Å². The van der Waals surface area contributed by atoms with E-state index in [0.29, 0.717) is 5.69 Å². The maximum absolute atomic E-state index is 12.1. The Kier molecular flexibility index (Phi) is 5.86. The first-order chi connectivity index (χ1) is 12.7. The monoisotopic (exact) mass is 388 g/mol. The van der Waals surface area contributed by atoms with E-state index in [-0.39, 0.29) is 21.8 Å². The van der Waals surface area contributed by atoms with Crippen LogP contribution in [0.3, 0.4) is 0 Å². The molecule has 0 radical (unpaired) electrons. The fourth-order valence-electron chi connectivity index (χ4n) is 1.92. The number of hydrogen-bond donors (Lipinski definition) is 3. The van der Waals surface area contributed by atoms with Crippen molar-refractivity contribution in [2.24, 2.45) is 0 Å². The van der Waals surface area contributed by atoms with E-state index in [1.54, 1.807) is 6.07 Å². The van der Waals surface area contributed by atoms with Gasteiger partial charge in [-0.15, -0.1) is 0 Å². The molecule has 0 aliphatic rings. The SMILES string of the molecule is N#C/C(=C/Nc1ccc(S(=O)(=O)O)cc1)C(=O)Nc1cccc([N+](=O)[O-])c1. The number of hydrogen-bond acceptors (Lipinski definition) is 7. The molecule has 0 aliphatic carbocycles. The summed E-state index contributed by atoms with van der Waals surface area (Å²) < 4.78 is 30.8. The minimum Gasteiger partial charge on any atom is -0.360 e. The quantitative estimate of drug-likeness (QED) is 0.223. The van der Waals surface area contributed by atoms with Gasteiger partial charge in [0.25, 0.3) is 21.7 Å². The Balaban J connectivity index is 2.11. The van der Waals surface area contributed by atoms with Gasteiger partial charge in [0.1, 0.15) is 11.6 Å². The summed E-state index contributed by atoms with van der Waals surface area (Å²) in [6.07, 6.45) is 1.09. The Hall–Kier alpha value is -3.75. The van der Waals surface area contributed by atoms with Crippen LogP contribution in [0.15, 0.2) is 65.2 Å². The van der Waals surface area contributed by atoms with Crippen molar-refractivity contribution in [1.29, 1.82) is 5.26 Å². The van der Waals surface area contributed by atoms with Gasteiger partial charge >= 0.3 is 0 Å². The smallest absolute Gasteiger partial charge is 0.294 e. The summed E-state index contributed by atoms with van der Waals surface area (Å²) in [6.45, 7) is 0. The van der Waals surface area contributed by atoms with Crippen LogP contribution in [-0.2, 0) is 14.9 Å². The normalized spacial score (nSPS) is 11.3. The fourth-order valence-corrected chi connectivity index (χ4v) is 2.40. The van der Waals surface area contributed by atoms with E-state index in [1.165, 1.54) is 30.3 Å². The van der Waals surface area contributed by atoms with Crippen LogP contribution in [0.2, 0.25) is 0 Å². The zero-order valence-electron chi connectivity index (χ0n) is 13.5. The Morgan fingerprint density at radius 2 is 1.85 bits per heavy atom. The summed E-state index contributed by atoms with van der Waals surface area (Å²) >= 11 is 0. The lowest BCUT2D eigenvalue weighted by molar-refractivity contribution is -0.384. The second-order valence-electron chi connectivity index (χ2n) is 5.08. The molecule has 3 N–H and O–H groups in total. The summed E-state index contributed by atoms with van der Waals surface area (Å²) in [6, 6.07) is 11.8. The Labute approximate surface area is 153 Å². The Morgan fingerprint density at radius 1 is 1.19 bits per heavy atom. The average molecular weight is 388 g/mol. The molecule has 0 fully saturated rings. The summed E-state index contributed by atoms with van der Waals surface area (Å²) in [5.41, 5.74) is -0.0288. The summed E-state index contributed by atoms with van der Waals surface area (Å²) in [5, 5.41) is 24.9. The largest absolute Gasteiger partial charge is 0.360 e. The van der Waals surface area contributed by atoms with E-state index in [2.05, 4.69) is 10.6 Å². The Morgan fingerprint density at radius 3 is 2.41 bits per heavy atom. The van der Waals surface area contributed by atoms with Crippen molar-refractivity contribution in [3.63, 3.8) is 0 Å². The van der Waals surface area contributed by atoms with Crippen LogP contribution in [0.1, 0.15) is 0 Å². The molecule has 0 aliphatic heterocycles. The van der Waals surface area contributed by atoms with Gasteiger partial charge in [-0.1, -0.05) is 6.07 Å². The van der Waals surface area contributed by atoms with E-state index in [9.17, 15) is 23.3 Å². The van der Waals surface area contributed by atoms with Crippen LogP contribution >= 0.6 is 0 Å². The molecule has 0 spiro atoms. The van der Waals surface area contributed by atoms with Gasteiger partial charge in [0.15, 0.2) is 0 Å². The minimum atomic E-state index is -4.32. The first-order valence-corrected chi connectivity index (χ1v) is 8.65. The molecule has 0 bridgehead atoms. The van der Waals surface area contributed by atoms with E-state index < -0.39 is 20.9 Å². The number of nitro benzene ring substituents is 1. The third-order valence-corrected chi connectivity index (χ3v) is 4.08. The number of benzene rings is 2. The van der Waals surface area contributed by atoms with Gasteiger partial charge in [0.05, 0.1) is 9.82 Å². The highest BCUT2D eigenvalue weighted by Crippen LogP contribution is 2.18. The number of amides is 1. The molecule has 0 saturated carbocycles. The van der Waals surface area contributed by atoms with E-state index in [0.717, 1.165) is 24.4 Å². The molecule has 2 aromatic rings. The van der Waals surface area contributed by atoms with Crippen LogP contribution in [0, 0.1) is 21.4 Å². The maximum Gasteiger partial charge on any atom is 0.294 e. The van der Waals surface area contributed by atoms with Crippen LogP contribution in [0.4, 0.5) is 17.1 Å². The summed E-state index contributed by atoms with van der Waals surface area (Å²) in [4.78, 5) is 21.9. The number of carbonyl (C=O) groups excluding carboxylic acids is 1. The predicted molar refractivity (Wildman–Crippen MR) is 95.3 cm³/mol. The van der Waals surface area contributed by atoms with Gasteiger partial charge in [-0.2, -0.15) is 13.7 Å². The summed E-state index contributed by atoms with van der Waals surface area (Å²) in [7, 11) is -4.32. The van der Waals surface area contributed by atoms with Crippen molar-refractivity contribution in [3.8, 4) is 6.07 Å². The van der Waals surface area contributed by atoms with Crippen molar-refractivity contribution < 1.29 is 22.7 Å². The minimum absolute atomic E-state index is 0.146. The number of nitriles is 1. The second-order valence-corrected chi connectivity index (χ2v) is 6.50. The highest BCUT2D eigenvalue weighted by molar-refractivity contribution is 7.85. The number of anilines is 2. The number of non-ortho nitro benzene ring substituents is 1. The van der Waals surface area contributed by atoms with E-state index in [1.807, 2.05) is 0 Å². The third-order valence-electron chi connectivity index (χ3n) is 3.22. The van der Waals surface area contributed by atoms with Crippen molar-refractivity contribution in [1.82, 2.24) is 0 Å². The zero-order chi connectivity index (χ0) is 20.0. The second kappa shape index (κ2) is 8.09. The first-order valence-electron chi connectivity index (χ1n) is 7.21. The Bertz CT molecular complexity index is 1060. The average Bonchev–Trinajstić information content (AvgIpc) is 2.62. The predicted octanol–water partition coefficient (Wildman–Crippen LogP) is 2.30. The van der Waals surface area contributed by atoms with Gasteiger partial charge in [-0.25, -0.2) is 0 Å². The molecule has 0 atom stereocenters. The highest BCUT2D eigenvalue weighted by Gasteiger charge is 2.12. The van der Waals surface area contributed by atoms with Crippen molar-refractivity contribution in [3.05, 3.63) is 70.4 Å². The van der Waals surface area contributed by atoms with Gasteiger partial charge in [0, 0.05) is 29.7 Å². The van der Waals surface area contributed by atoms with Crippen molar-refractivity contribution in [2.45, 2.75) is 4.90 Å². The van der Waals surface area contributed by atoms with Crippen LogP contribution in [0.25, 0.3) is 0 Å². The molecular formula is C16H12N4O6S. The number of nitrogens with zero attached hydrogens (tertiary/aromatic N) is 2. The van der Waals surface area contributed by atoms with Gasteiger partial charge < -0.3 is 10.6 Å². The molecule has 10 nitrogen and oxygen atoms in total. The van der Waals surface area contributed by atoms with Gasteiger partial charge in [-0.3, -0.25) is 19.5 Å². The lowest BCUT2D eigenvalue weighted by Gasteiger charge is -2.05. The molecule has 2 rings (SSSR count). The lowest BCUT2D eigenvalue weighted by Crippen LogP contribution is -2.14. The zero-order valence-corrected chi connectivity index (χ0v) is 14.3. The molecule has 2 aromatic carbocycles. The maximum atomic E-state index is 12.1. The number of carbonyl (C=O) groups is 1. The topological polar surface area (TPSA) is 162 Å². The molecular weight excluding hydrogens is 376 g/mol. The molecule has 0 saturated heterocycles. The van der Waals surface area contributed by atoms with Crippen molar-refractivity contribution >= 4 is 33.1 Å². The fraction of sp³-hybridized carbons (Fsp3) is 0. The molecule has 0 unspecified atom stereocenters. The summed E-state index contributed by atoms with van der Waals surface area (Å²) in [5.74, 6) is -0.792. The first kappa shape index (κ1) is 19.6. The molecule has 27 heavy (non-hydrogen) atoms. The molecule has 1 amide bonds. The van der Waals surface area contributed by atoms with Crippen LogP contribution in [0.5, 0.6) is 0 Å². The van der Waals surface area contributed by atoms with Crippen LogP contribution < -0.4 is 10.6 Å². The van der Waals surface area contributed by atoms with E-state index in [4.69, 9.17) is 9.81 Å². The van der Waals surface area contributed by atoms with Gasteiger partial charge in [-0.05, 0) is 30.3 Å². The highest BCUT2D eigenvalue weighted by atomic mass is 32.2. The molecule has 11 heteroatoms. The molecule has 0 heterocycles. The van der Waals surface area contributed by atoms with Gasteiger partial charge in [0.2, 0.25) is 0 Å². The number of nitro groups is 1. The lowest BCUT2D eigenvalue weighted by atomic mass is 10.2. The number of rotatable bonds is 6. The standard InChI is InChI=1S/C16H12N4O6S/c17-9-11(10-18-12-4-6-15(7-5-12)27(24,25)26)16(21)19-13-2-1-3-14(8-13)20(22)23/h1-8,10,18H,(H,19,21)(H,24,25,26)/b11-10-. The van der Waals surface area contributed by atoms with Crippen LogP contribution in [-0.4, -0.2) is 23.8 Å². The van der Waals surface area contributed by atoms with E-state index >= 15 is 0 Å². The molecule has 0 aromatic heterocycles.